The maximum Gasteiger partial charge on any atom is 0.216 e. The van der Waals surface area contributed by atoms with Crippen LogP contribution in [0.1, 0.15) is 20.7 Å². The second-order valence-electron chi connectivity index (χ2n) is 4.85. The molecule has 0 amide bonds. The average molecular weight is 350 g/mol. The molecular formula is C18H14N4O4. The van der Waals surface area contributed by atoms with Crippen LogP contribution < -0.4 is 0 Å². The van der Waals surface area contributed by atoms with Gasteiger partial charge in [0.05, 0.1) is 12.4 Å². The summed E-state index contributed by atoms with van der Waals surface area (Å²) in [6.45, 7) is 0. The summed E-state index contributed by atoms with van der Waals surface area (Å²) >= 11 is 0. The van der Waals surface area contributed by atoms with Gasteiger partial charge < -0.3 is 10.4 Å². The highest BCUT2D eigenvalue weighted by molar-refractivity contribution is 6.65. The molecule has 0 radical (unpaired) electrons. The molecule has 2 aromatic carbocycles. The third-order valence-corrected chi connectivity index (χ3v) is 3.18. The van der Waals surface area contributed by atoms with E-state index in [4.69, 9.17) is 10.4 Å². The van der Waals surface area contributed by atoms with Crippen LogP contribution >= 0.6 is 0 Å². The summed E-state index contributed by atoms with van der Waals surface area (Å²) in [6, 6.07) is 16.4. The number of Topliss-reactive ketones (excluding diaryl/α,β-unsaturated/α-hetero) is 2. The van der Waals surface area contributed by atoms with Gasteiger partial charge in [-0.05, 0) is 0 Å². The van der Waals surface area contributed by atoms with E-state index in [1.54, 1.807) is 60.7 Å². The van der Waals surface area contributed by atoms with Crippen molar-refractivity contribution in [2.45, 2.75) is 0 Å². The van der Waals surface area contributed by atoms with E-state index in [1.807, 2.05) is 0 Å². The number of rotatable bonds is 7. The van der Waals surface area contributed by atoms with E-state index in [0.717, 1.165) is 12.4 Å². The summed E-state index contributed by atoms with van der Waals surface area (Å²) in [5.74, 6) is -1.10. The SMILES string of the molecule is O=C(C(/C=N/N=C/C(=NO)C(=O)c1ccccc1)=NO)c1ccccc1. The zero-order valence-electron chi connectivity index (χ0n) is 13.4. The number of benzene rings is 2. The van der Waals surface area contributed by atoms with E-state index >= 15 is 0 Å². The largest absolute Gasteiger partial charge is 0.410 e. The molecule has 8 nitrogen and oxygen atoms in total. The molecule has 0 atom stereocenters. The fraction of sp³-hybridized carbons (Fsp3) is 0. The molecule has 0 fully saturated rings. The Morgan fingerprint density at radius 2 is 1.00 bits per heavy atom. The van der Waals surface area contributed by atoms with Crippen molar-refractivity contribution in [3.8, 4) is 0 Å². The molecule has 0 aliphatic rings. The van der Waals surface area contributed by atoms with E-state index in [1.165, 1.54) is 0 Å². The minimum absolute atomic E-state index is 0.313. The minimum Gasteiger partial charge on any atom is -0.410 e. The Hall–Kier alpha value is -3.94. The molecule has 0 aromatic heterocycles. The topological polar surface area (TPSA) is 124 Å². The van der Waals surface area contributed by atoms with Crippen molar-refractivity contribution in [1.82, 2.24) is 0 Å². The lowest BCUT2D eigenvalue weighted by molar-refractivity contribution is 0.105. The molecule has 0 unspecified atom stereocenters. The predicted octanol–water partition coefficient (Wildman–Crippen LogP) is 2.47. The van der Waals surface area contributed by atoms with Crippen molar-refractivity contribution in [3.63, 3.8) is 0 Å². The number of carbonyl (C=O) groups is 2. The van der Waals surface area contributed by atoms with Crippen molar-refractivity contribution >= 4 is 35.4 Å². The van der Waals surface area contributed by atoms with Crippen LogP contribution in [0.2, 0.25) is 0 Å². The van der Waals surface area contributed by atoms with Gasteiger partial charge in [0.2, 0.25) is 11.6 Å². The summed E-state index contributed by atoms with van der Waals surface area (Å²) in [4.78, 5) is 24.2. The third kappa shape index (κ3) is 4.78. The van der Waals surface area contributed by atoms with Gasteiger partial charge in [0.15, 0.2) is 11.4 Å². The molecule has 26 heavy (non-hydrogen) atoms. The number of carbonyl (C=O) groups excluding carboxylic acids is 2. The maximum atomic E-state index is 12.1. The first kappa shape index (κ1) is 18.4. The molecule has 0 heterocycles. The van der Waals surface area contributed by atoms with Gasteiger partial charge in [-0.15, -0.1) is 0 Å². The normalized spacial score (nSPS) is 12.6. The smallest absolute Gasteiger partial charge is 0.216 e. The summed E-state index contributed by atoms with van der Waals surface area (Å²) in [5, 5.41) is 30.8. The summed E-state index contributed by atoms with van der Waals surface area (Å²) in [6.07, 6.45) is 1.85. The van der Waals surface area contributed by atoms with Crippen LogP contribution in [0.15, 0.2) is 81.2 Å². The van der Waals surface area contributed by atoms with Crippen molar-refractivity contribution in [3.05, 3.63) is 71.8 Å². The van der Waals surface area contributed by atoms with Crippen LogP contribution in [-0.2, 0) is 0 Å². The van der Waals surface area contributed by atoms with Crippen LogP contribution in [0.3, 0.4) is 0 Å². The third-order valence-electron chi connectivity index (χ3n) is 3.18. The second-order valence-corrected chi connectivity index (χ2v) is 4.85. The highest BCUT2D eigenvalue weighted by atomic mass is 16.4. The zero-order chi connectivity index (χ0) is 18.8. The number of hydrogen-bond acceptors (Lipinski definition) is 8. The average Bonchev–Trinajstić information content (AvgIpc) is 2.71. The van der Waals surface area contributed by atoms with Crippen molar-refractivity contribution in [2.75, 3.05) is 0 Å². The van der Waals surface area contributed by atoms with Gasteiger partial charge in [-0.3, -0.25) is 9.59 Å². The summed E-state index contributed by atoms with van der Waals surface area (Å²) in [7, 11) is 0. The lowest BCUT2D eigenvalue weighted by Crippen LogP contribution is -2.16. The molecular weight excluding hydrogens is 336 g/mol. The lowest BCUT2D eigenvalue weighted by atomic mass is 10.1. The van der Waals surface area contributed by atoms with Crippen LogP contribution in [0, 0.1) is 0 Å². The molecule has 0 saturated heterocycles. The van der Waals surface area contributed by atoms with Crippen molar-refractivity contribution in [2.24, 2.45) is 20.5 Å². The fourth-order valence-corrected chi connectivity index (χ4v) is 1.91. The Bertz CT molecular complexity index is 812. The van der Waals surface area contributed by atoms with Crippen LogP contribution in [0.5, 0.6) is 0 Å². The van der Waals surface area contributed by atoms with Crippen molar-refractivity contribution < 1.29 is 20.0 Å². The van der Waals surface area contributed by atoms with Crippen LogP contribution in [-0.4, -0.2) is 45.8 Å². The predicted molar refractivity (Wildman–Crippen MR) is 97.0 cm³/mol. The second kappa shape index (κ2) is 9.38. The Balaban J connectivity index is 2.07. The van der Waals surface area contributed by atoms with Crippen LogP contribution in [0.25, 0.3) is 0 Å². The monoisotopic (exact) mass is 350 g/mol. The molecule has 0 saturated carbocycles. The maximum absolute atomic E-state index is 12.1. The van der Waals surface area contributed by atoms with Gasteiger partial charge in [0.25, 0.3) is 0 Å². The molecule has 0 aliphatic heterocycles. The number of ketones is 2. The fourth-order valence-electron chi connectivity index (χ4n) is 1.91. The van der Waals surface area contributed by atoms with Gasteiger partial charge in [-0.1, -0.05) is 71.0 Å². The Kier molecular flexibility index (Phi) is 6.64. The first-order valence-corrected chi connectivity index (χ1v) is 7.37. The summed E-state index contributed by atoms with van der Waals surface area (Å²) < 4.78 is 0. The van der Waals surface area contributed by atoms with E-state index in [0.29, 0.717) is 11.1 Å². The highest BCUT2D eigenvalue weighted by Gasteiger charge is 2.13. The molecule has 130 valence electrons. The Labute approximate surface area is 148 Å². The van der Waals surface area contributed by atoms with E-state index < -0.39 is 11.6 Å². The highest BCUT2D eigenvalue weighted by Crippen LogP contribution is 2.02. The van der Waals surface area contributed by atoms with Gasteiger partial charge in [-0.2, -0.15) is 10.2 Å². The number of hydrogen-bond donors (Lipinski definition) is 2. The zero-order valence-corrected chi connectivity index (χ0v) is 13.4. The molecule has 2 rings (SSSR count). The number of oxime groups is 2. The van der Waals surface area contributed by atoms with Crippen LogP contribution in [0.4, 0.5) is 0 Å². The number of nitrogens with zero attached hydrogens (tertiary/aromatic N) is 4. The molecule has 2 aromatic rings. The van der Waals surface area contributed by atoms with Gasteiger partial charge in [0.1, 0.15) is 0 Å². The molecule has 0 spiro atoms. The lowest BCUT2D eigenvalue weighted by Gasteiger charge is -1.98. The van der Waals surface area contributed by atoms with Crippen molar-refractivity contribution in [1.29, 1.82) is 0 Å². The van der Waals surface area contributed by atoms with E-state index in [-0.39, 0.29) is 11.4 Å². The van der Waals surface area contributed by atoms with E-state index in [9.17, 15) is 9.59 Å². The molecule has 2 N–H and O–H groups in total. The van der Waals surface area contributed by atoms with Gasteiger partial charge >= 0.3 is 0 Å². The van der Waals surface area contributed by atoms with E-state index in [2.05, 4.69) is 20.5 Å². The van der Waals surface area contributed by atoms with Gasteiger partial charge in [-0.25, -0.2) is 0 Å². The standard InChI is InChI=1S/C18H14N4O4/c23-17(13-7-3-1-4-8-13)15(21-25)11-19-20-12-16(22-26)18(24)14-9-5-2-6-10-14/h1-12,25-26H/b19-11+,20-12+,21-15?,22-16?. The molecule has 8 heteroatoms. The summed E-state index contributed by atoms with van der Waals surface area (Å²) in [5.41, 5.74) is -0.0596. The molecule has 0 bridgehead atoms. The quantitative estimate of drug-likeness (QED) is 0.344. The first-order chi connectivity index (χ1) is 12.7. The Morgan fingerprint density at radius 3 is 1.31 bits per heavy atom. The Morgan fingerprint density at radius 1 is 0.654 bits per heavy atom. The first-order valence-electron chi connectivity index (χ1n) is 7.37. The molecule has 0 aliphatic carbocycles. The minimum atomic E-state index is -0.552. The van der Waals surface area contributed by atoms with Gasteiger partial charge in [0, 0.05) is 11.1 Å².